The van der Waals surface area contributed by atoms with Crippen molar-refractivity contribution >= 4 is 35.0 Å². The van der Waals surface area contributed by atoms with E-state index in [1.807, 2.05) is 12.1 Å². The van der Waals surface area contributed by atoms with Crippen LogP contribution in [0, 0.1) is 0 Å². The number of amides is 1. The molecule has 2 rings (SSSR count). The number of nitrogens with one attached hydrogen (secondary N) is 1. The van der Waals surface area contributed by atoms with Crippen LogP contribution in [0.25, 0.3) is 0 Å². The SMILES string of the molecule is CCOC(=O)CCOc1ccc(C=NN=C2NC(=O)CS2)cc1. The Morgan fingerprint density at radius 1 is 1.39 bits per heavy atom. The van der Waals surface area contributed by atoms with Gasteiger partial charge in [-0.2, -0.15) is 5.10 Å². The van der Waals surface area contributed by atoms with E-state index in [4.69, 9.17) is 9.47 Å². The van der Waals surface area contributed by atoms with Crippen molar-refractivity contribution in [3.05, 3.63) is 29.8 Å². The molecule has 7 nitrogen and oxygen atoms in total. The van der Waals surface area contributed by atoms with Crippen LogP contribution in [0.2, 0.25) is 0 Å². The number of carbonyl (C=O) groups is 2. The predicted molar refractivity (Wildman–Crippen MR) is 88.8 cm³/mol. The Kier molecular flexibility index (Phi) is 6.61. The standard InChI is InChI=1S/C15H17N3O4S/c1-2-21-14(20)7-8-22-12-5-3-11(4-6-12)9-16-18-15-17-13(19)10-23-15/h3-6,9H,2,7-8,10H2,1H3,(H,17,18,19). The Bertz CT molecular complexity index is 614. The maximum atomic E-state index is 11.2. The average Bonchev–Trinajstić information content (AvgIpc) is 2.95. The summed E-state index contributed by atoms with van der Waals surface area (Å²) in [4.78, 5) is 22.2. The van der Waals surface area contributed by atoms with Gasteiger partial charge in [-0.05, 0) is 36.8 Å². The van der Waals surface area contributed by atoms with Gasteiger partial charge in [-0.3, -0.25) is 9.59 Å². The van der Waals surface area contributed by atoms with Crippen LogP contribution in [0.5, 0.6) is 5.75 Å². The number of carbonyl (C=O) groups excluding carboxylic acids is 2. The predicted octanol–water partition coefficient (Wildman–Crippen LogP) is 1.57. The van der Waals surface area contributed by atoms with Crippen molar-refractivity contribution in [2.45, 2.75) is 13.3 Å². The van der Waals surface area contributed by atoms with E-state index in [9.17, 15) is 9.59 Å². The van der Waals surface area contributed by atoms with Gasteiger partial charge in [0.05, 0.1) is 31.6 Å². The molecule has 1 aliphatic rings. The number of thioether (sulfide) groups is 1. The van der Waals surface area contributed by atoms with Crippen LogP contribution < -0.4 is 10.1 Å². The molecule has 1 aromatic carbocycles. The van der Waals surface area contributed by atoms with Crippen LogP contribution in [0.1, 0.15) is 18.9 Å². The largest absolute Gasteiger partial charge is 0.493 e. The molecule has 0 radical (unpaired) electrons. The number of esters is 1. The van der Waals surface area contributed by atoms with Crippen molar-refractivity contribution < 1.29 is 19.1 Å². The van der Waals surface area contributed by atoms with E-state index in [2.05, 4.69) is 15.5 Å². The van der Waals surface area contributed by atoms with Crippen LogP contribution in [-0.4, -0.2) is 42.2 Å². The first-order valence-electron chi connectivity index (χ1n) is 7.09. The summed E-state index contributed by atoms with van der Waals surface area (Å²) in [5.41, 5.74) is 0.849. The molecular weight excluding hydrogens is 318 g/mol. The molecule has 0 saturated carbocycles. The third kappa shape index (κ3) is 6.11. The van der Waals surface area contributed by atoms with E-state index in [-0.39, 0.29) is 24.9 Å². The van der Waals surface area contributed by atoms with Crippen LogP contribution in [0.3, 0.4) is 0 Å². The third-order valence-corrected chi connectivity index (χ3v) is 3.57. The maximum Gasteiger partial charge on any atom is 0.309 e. The molecular formula is C15H17N3O4S. The van der Waals surface area contributed by atoms with Crippen LogP contribution >= 0.6 is 11.8 Å². The summed E-state index contributed by atoms with van der Waals surface area (Å²) in [7, 11) is 0. The molecule has 0 atom stereocenters. The van der Waals surface area contributed by atoms with Crippen LogP contribution in [0.4, 0.5) is 0 Å². The van der Waals surface area contributed by atoms with E-state index >= 15 is 0 Å². The number of benzene rings is 1. The number of amidine groups is 1. The molecule has 0 bridgehead atoms. The Morgan fingerprint density at radius 3 is 2.83 bits per heavy atom. The van der Waals surface area contributed by atoms with E-state index in [1.165, 1.54) is 11.8 Å². The van der Waals surface area contributed by atoms with Gasteiger partial charge in [0, 0.05) is 0 Å². The summed E-state index contributed by atoms with van der Waals surface area (Å²) >= 11 is 1.32. The van der Waals surface area contributed by atoms with Gasteiger partial charge >= 0.3 is 5.97 Å². The van der Waals surface area contributed by atoms with Gasteiger partial charge in [0.15, 0.2) is 5.17 Å². The van der Waals surface area contributed by atoms with Crippen LogP contribution in [0.15, 0.2) is 34.5 Å². The molecule has 1 aromatic rings. The molecule has 0 spiro atoms. The molecule has 1 aliphatic heterocycles. The van der Waals surface area contributed by atoms with E-state index in [0.717, 1.165) is 5.56 Å². The minimum absolute atomic E-state index is 0.0618. The van der Waals surface area contributed by atoms with Gasteiger partial charge in [0.2, 0.25) is 5.91 Å². The molecule has 1 heterocycles. The molecule has 23 heavy (non-hydrogen) atoms. The topological polar surface area (TPSA) is 89.3 Å². The molecule has 1 amide bonds. The van der Waals surface area contributed by atoms with E-state index < -0.39 is 0 Å². The van der Waals surface area contributed by atoms with Crippen molar-refractivity contribution in [2.24, 2.45) is 10.2 Å². The smallest absolute Gasteiger partial charge is 0.309 e. The quantitative estimate of drug-likeness (QED) is 0.464. The highest BCUT2D eigenvalue weighted by molar-refractivity contribution is 8.15. The van der Waals surface area contributed by atoms with E-state index in [0.29, 0.717) is 23.3 Å². The second-order valence-electron chi connectivity index (χ2n) is 4.46. The zero-order valence-corrected chi connectivity index (χ0v) is 13.5. The normalized spacial score (nSPS) is 15.9. The lowest BCUT2D eigenvalue weighted by atomic mass is 10.2. The second-order valence-corrected chi connectivity index (χ2v) is 5.42. The molecule has 8 heteroatoms. The molecule has 1 fully saturated rings. The maximum absolute atomic E-state index is 11.2. The fourth-order valence-corrected chi connectivity index (χ4v) is 2.29. The van der Waals surface area contributed by atoms with Gasteiger partial charge < -0.3 is 14.8 Å². The monoisotopic (exact) mass is 335 g/mol. The molecule has 1 saturated heterocycles. The highest BCUT2D eigenvalue weighted by Crippen LogP contribution is 2.12. The Labute approximate surface area is 138 Å². The third-order valence-electron chi connectivity index (χ3n) is 2.70. The highest BCUT2D eigenvalue weighted by Gasteiger charge is 2.15. The summed E-state index contributed by atoms with van der Waals surface area (Å²) in [5, 5.41) is 10.9. The minimum atomic E-state index is -0.271. The van der Waals surface area contributed by atoms with Gasteiger partial charge in [-0.15, -0.1) is 5.10 Å². The number of hydrogen-bond donors (Lipinski definition) is 1. The summed E-state index contributed by atoms with van der Waals surface area (Å²) < 4.78 is 10.3. The number of hydrogen-bond acceptors (Lipinski definition) is 7. The Morgan fingerprint density at radius 2 is 2.17 bits per heavy atom. The summed E-state index contributed by atoms with van der Waals surface area (Å²) in [6.07, 6.45) is 1.80. The molecule has 0 aromatic heterocycles. The molecule has 122 valence electrons. The molecule has 0 aliphatic carbocycles. The van der Waals surface area contributed by atoms with Gasteiger partial charge in [-0.1, -0.05) is 11.8 Å². The van der Waals surface area contributed by atoms with Crippen molar-refractivity contribution in [2.75, 3.05) is 19.0 Å². The summed E-state index contributed by atoms with van der Waals surface area (Å²) in [6.45, 7) is 2.42. The highest BCUT2D eigenvalue weighted by atomic mass is 32.2. The van der Waals surface area contributed by atoms with Gasteiger partial charge in [-0.25, -0.2) is 0 Å². The minimum Gasteiger partial charge on any atom is -0.493 e. The fourth-order valence-electron chi connectivity index (χ4n) is 1.66. The summed E-state index contributed by atoms with van der Waals surface area (Å²) in [5.74, 6) is 0.712. The number of ether oxygens (including phenoxy) is 2. The number of nitrogens with zero attached hydrogens (tertiary/aromatic N) is 2. The number of rotatable bonds is 7. The average molecular weight is 335 g/mol. The zero-order valence-electron chi connectivity index (χ0n) is 12.7. The van der Waals surface area contributed by atoms with Crippen molar-refractivity contribution in [3.8, 4) is 5.75 Å². The first-order valence-corrected chi connectivity index (χ1v) is 8.08. The lowest BCUT2D eigenvalue weighted by Gasteiger charge is -2.05. The Balaban J connectivity index is 1.78. The van der Waals surface area contributed by atoms with Gasteiger partial charge in [0.1, 0.15) is 5.75 Å². The van der Waals surface area contributed by atoms with Crippen molar-refractivity contribution in [1.29, 1.82) is 0 Å². The lowest BCUT2D eigenvalue weighted by Crippen LogP contribution is -2.19. The van der Waals surface area contributed by atoms with Crippen molar-refractivity contribution in [1.82, 2.24) is 5.32 Å². The lowest BCUT2D eigenvalue weighted by molar-refractivity contribution is -0.143. The first kappa shape index (κ1) is 17.0. The van der Waals surface area contributed by atoms with E-state index in [1.54, 1.807) is 25.3 Å². The van der Waals surface area contributed by atoms with Gasteiger partial charge in [0.25, 0.3) is 0 Å². The zero-order chi connectivity index (χ0) is 16.5. The molecule has 0 unspecified atom stereocenters. The first-order chi connectivity index (χ1) is 11.2. The van der Waals surface area contributed by atoms with Crippen LogP contribution in [-0.2, 0) is 14.3 Å². The van der Waals surface area contributed by atoms with Crippen molar-refractivity contribution in [3.63, 3.8) is 0 Å². The summed E-state index contributed by atoms with van der Waals surface area (Å²) in [6, 6.07) is 7.21. The Hall–Kier alpha value is -2.35. The molecule has 1 N–H and O–H groups in total. The second kappa shape index (κ2) is 8.94. The fraction of sp³-hybridized carbons (Fsp3) is 0.333.